The van der Waals surface area contributed by atoms with E-state index in [0.717, 1.165) is 21.6 Å². The molecule has 2 heterocycles. The van der Waals surface area contributed by atoms with Crippen LogP contribution in [0.2, 0.25) is 0 Å². The molecule has 1 aliphatic rings. The molecule has 4 rings (SSSR count). The third-order valence-corrected chi connectivity index (χ3v) is 3.83. The predicted molar refractivity (Wildman–Crippen MR) is 93.1 cm³/mol. The number of fused-ring (bicyclic) bond motifs is 1. The first kappa shape index (κ1) is 14.7. The zero-order valence-electron chi connectivity index (χ0n) is 12.4. The Balaban J connectivity index is 1.51. The summed E-state index contributed by atoms with van der Waals surface area (Å²) in [5.74, 6) is 2.40. The van der Waals surface area contributed by atoms with Crippen LogP contribution >= 0.6 is 15.9 Å². The van der Waals surface area contributed by atoms with Gasteiger partial charge in [0.1, 0.15) is 0 Å². The van der Waals surface area contributed by atoms with Crippen LogP contribution in [0.15, 0.2) is 53.1 Å². The maximum atomic E-state index is 5.35. The largest absolute Gasteiger partial charge is 0.454 e. The summed E-state index contributed by atoms with van der Waals surface area (Å²) >= 11 is 3.41. The first-order chi connectivity index (χ1) is 11.8. The molecule has 0 bridgehead atoms. The summed E-state index contributed by atoms with van der Waals surface area (Å²) in [4.78, 5) is 4.40. The number of benzene rings is 2. The predicted octanol–water partition coefficient (Wildman–Crippen LogP) is 3.85. The summed E-state index contributed by atoms with van der Waals surface area (Å²) in [5, 5.41) is 14.2. The molecule has 0 radical (unpaired) electrons. The lowest BCUT2D eigenvalue weighted by Gasteiger charge is -2.08. The Bertz CT molecular complexity index is 873. The van der Waals surface area contributed by atoms with Crippen LogP contribution in [0, 0.1) is 0 Å². The van der Waals surface area contributed by atoms with Gasteiger partial charge in [-0.1, -0.05) is 15.9 Å². The summed E-state index contributed by atoms with van der Waals surface area (Å²) in [6.07, 6.45) is 1.56. The lowest BCUT2D eigenvalue weighted by atomic mass is 10.3. The molecule has 0 spiro atoms. The van der Waals surface area contributed by atoms with Gasteiger partial charge in [0, 0.05) is 21.9 Å². The maximum Gasteiger partial charge on any atom is 0.249 e. The zero-order chi connectivity index (χ0) is 16.4. The van der Waals surface area contributed by atoms with Gasteiger partial charge in [-0.2, -0.15) is 10.1 Å². The minimum Gasteiger partial charge on any atom is -0.454 e. The molecule has 7 nitrogen and oxygen atoms in total. The van der Waals surface area contributed by atoms with E-state index in [1.54, 1.807) is 6.20 Å². The Morgan fingerprint density at radius 1 is 0.917 bits per heavy atom. The highest BCUT2D eigenvalue weighted by Crippen LogP contribution is 2.34. The number of halogens is 1. The van der Waals surface area contributed by atoms with Gasteiger partial charge in [-0.25, -0.2) is 0 Å². The molecule has 8 heteroatoms. The number of nitrogens with zero attached hydrogens (tertiary/aromatic N) is 3. The van der Waals surface area contributed by atoms with E-state index in [2.05, 4.69) is 41.7 Å². The molecule has 1 aliphatic heterocycles. The first-order valence-corrected chi connectivity index (χ1v) is 7.94. The molecule has 0 unspecified atom stereocenters. The highest BCUT2D eigenvalue weighted by Gasteiger charge is 2.13. The summed E-state index contributed by atoms with van der Waals surface area (Å²) in [6.45, 7) is 0.240. The topological polar surface area (TPSA) is 81.2 Å². The minimum absolute atomic E-state index is 0.240. The van der Waals surface area contributed by atoms with Crippen molar-refractivity contribution >= 4 is 39.1 Å². The van der Waals surface area contributed by atoms with Crippen molar-refractivity contribution in [3.8, 4) is 11.5 Å². The molecule has 0 aliphatic carbocycles. The monoisotopic (exact) mass is 385 g/mol. The average Bonchev–Trinajstić information content (AvgIpc) is 3.05. The van der Waals surface area contributed by atoms with Gasteiger partial charge in [-0.05, 0) is 36.4 Å². The van der Waals surface area contributed by atoms with E-state index < -0.39 is 0 Å². The highest BCUT2D eigenvalue weighted by molar-refractivity contribution is 9.10. The Labute approximate surface area is 146 Å². The number of hydrogen-bond donors (Lipinski definition) is 2. The molecule has 24 heavy (non-hydrogen) atoms. The number of hydrogen-bond acceptors (Lipinski definition) is 7. The lowest BCUT2D eigenvalue weighted by molar-refractivity contribution is 0.174. The second-order valence-electron chi connectivity index (χ2n) is 4.99. The maximum absolute atomic E-state index is 5.35. The molecule has 3 aromatic rings. The fourth-order valence-electron chi connectivity index (χ4n) is 2.20. The van der Waals surface area contributed by atoms with E-state index in [9.17, 15) is 0 Å². The normalized spacial score (nSPS) is 12.0. The molecule has 0 amide bonds. The van der Waals surface area contributed by atoms with Gasteiger partial charge in [0.25, 0.3) is 0 Å². The van der Waals surface area contributed by atoms with E-state index in [1.165, 1.54) is 0 Å². The number of anilines is 4. The zero-order valence-corrected chi connectivity index (χ0v) is 13.9. The van der Waals surface area contributed by atoms with Gasteiger partial charge in [0.15, 0.2) is 17.3 Å². The van der Waals surface area contributed by atoms with Crippen LogP contribution in [0.3, 0.4) is 0 Å². The first-order valence-electron chi connectivity index (χ1n) is 7.15. The van der Waals surface area contributed by atoms with Gasteiger partial charge in [-0.15, -0.1) is 5.10 Å². The third kappa shape index (κ3) is 3.23. The number of rotatable bonds is 4. The van der Waals surface area contributed by atoms with Gasteiger partial charge in [-0.3, -0.25) is 0 Å². The van der Waals surface area contributed by atoms with Crippen molar-refractivity contribution in [2.45, 2.75) is 0 Å². The van der Waals surface area contributed by atoms with E-state index in [0.29, 0.717) is 17.5 Å². The second kappa shape index (κ2) is 6.32. The Morgan fingerprint density at radius 3 is 2.58 bits per heavy atom. The van der Waals surface area contributed by atoms with Crippen molar-refractivity contribution in [3.63, 3.8) is 0 Å². The van der Waals surface area contributed by atoms with Crippen LogP contribution in [-0.2, 0) is 0 Å². The molecule has 0 saturated heterocycles. The van der Waals surface area contributed by atoms with E-state index >= 15 is 0 Å². The molecule has 2 N–H and O–H groups in total. The van der Waals surface area contributed by atoms with Gasteiger partial charge in [0.2, 0.25) is 12.7 Å². The minimum atomic E-state index is 0.240. The van der Waals surface area contributed by atoms with Crippen LogP contribution in [0.5, 0.6) is 11.5 Å². The standard InChI is InChI=1S/C16H12BrN5O2/c17-10-1-3-11(4-2-10)19-15-8-18-22-16(21-15)20-12-5-6-13-14(7-12)24-9-23-13/h1-8H,9H2,(H2,19,20,21,22). The van der Waals surface area contributed by atoms with E-state index in [4.69, 9.17) is 9.47 Å². The summed E-state index contributed by atoms with van der Waals surface area (Å²) in [5.41, 5.74) is 1.70. The molecule has 120 valence electrons. The Hall–Kier alpha value is -2.87. The van der Waals surface area contributed by atoms with Crippen molar-refractivity contribution in [3.05, 3.63) is 53.1 Å². The molecule has 2 aromatic carbocycles. The highest BCUT2D eigenvalue weighted by atomic mass is 79.9. The molecule has 0 atom stereocenters. The molecular weight excluding hydrogens is 374 g/mol. The second-order valence-corrected chi connectivity index (χ2v) is 5.91. The number of nitrogens with one attached hydrogen (secondary N) is 2. The van der Waals surface area contributed by atoms with Crippen LogP contribution in [-0.4, -0.2) is 22.0 Å². The molecular formula is C16H12BrN5O2. The Kier molecular flexibility index (Phi) is 3.87. The summed E-state index contributed by atoms with van der Waals surface area (Å²) in [7, 11) is 0. The van der Waals surface area contributed by atoms with E-state index in [-0.39, 0.29) is 6.79 Å². The number of aromatic nitrogens is 3. The van der Waals surface area contributed by atoms with Crippen molar-refractivity contribution in [1.82, 2.24) is 15.2 Å². The fourth-order valence-corrected chi connectivity index (χ4v) is 2.47. The van der Waals surface area contributed by atoms with Crippen molar-refractivity contribution < 1.29 is 9.47 Å². The van der Waals surface area contributed by atoms with E-state index in [1.807, 2.05) is 42.5 Å². The number of ether oxygens (including phenoxy) is 2. The van der Waals surface area contributed by atoms with Gasteiger partial charge in [0.05, 0.1) is 6.20 Å². The Morgan fingerprint density at radius 2 is 1.71 bits per heavy atom. The smallest absolute Gasteiger partial charge is 0.249 e. The lowest BCUT2D eigenvalue weighted by Crippen LogP contribution is -2.02. The van der Waals surface area contributed by atoms with Crippen molar-refractivity contribution in [2.75, 3.05) is 17.4 Å². The van der Waals surface area contributed by atoms with Gasteiger partial charge < -0.3 is 20.1 Å². The fraction of sp³-hybridized carbons (Fsp3) is 0.0625. The van der Waals surface area contributed by atoms with Crippen LogP contribution < -0.4 is 20.1 Å². The third-order valence-electron chi connectivity index (χ3n) is 3.30. The SMILES string of the molecule is Brc1ccc(Nc2cnnc(Nc3ccc4c(c3)OCO4)n2)cc1. The van der Waals surface area contributed by atoms with Crippen LogP contribution in [0.4, 0.5) is 23.1 Å². The van der Waals surface area contributed by atoms with Crippen LogP contribution in [0.25, 0.3) is 0 Å². The van der Waals surface area contributed by atoms with Crippen LogP contribution in [0.1, 0.15) is 0 Å². The van der Waals surface area contributed by atoms with Gasteiger partial charge >= 0.3 is 0 Å². The van der Waals surface area contributed by atoms with Crippen molar-refractivity contribution in [1.29, 1.82) is 0 Å². The summed E-state index contributed by atoms with van der Waals surface area (Å²) in [6, 6.07) is 13.3. The molecule has 0 saturated carbocycles. The average molecular weight is 386 g/mol. The molecule has 1 aromatic heterocycles. The molecule has 0 fully saturated rings. The quantitative estimate of drug-likeness (QED) is 0.705. The summed E-state index contributed by atoms with van der Waals surface area (Å²) < 4.78 is 11.7. The van der Waals surface area contributed by atoms with Crippen molar-refractivity contribution in [2.24, 2.45) is 0 Å².